The highest BCUT2D eigenvalue weighted by molar-refractivity contribution is 7.92. The van der Waals surface area contributed by atoms with Gasteiger partial charge in [0.1, 0.15) is 6.54 Å². The number of nitrogens with one attached hydrogen (secondary N) is 1. The number of anilines is 1. The molecule has 0 heterocycles. The van der Waals surface area contributed by atoms with Crippen LogP contribution in [0.25, 0.3) is 0 Å². The molecular formula is C24H34N2O3S. The highest BCUT2D eigenvalue weighted by Gasteiger charge is 2.25. The number of hydrogen-bond donors (Lipinski definition) is 1. The van der Waals surface area contributed by atoms with Gasteiger partial charge in [0.25, 0.3) is 0 Å². The second-order valence-electron chi connectivity index (χ2n) is 9.18. The van der Waals surface area contributed by atoms with Gasteiger partial charge in [0.05, 0.1) is 18.0 Å². The van der Waals surface area contributed by atoms with Crippen molar-refractivity contribution in [3.05, 3.63) is 64.2 Å². The van der Waals surface area contributed by atoms with Crippen molar-refractivity contribution in [2.45, 2.75) is 59.9 Å². The zero-order valence-corrected chi connectivity index (χ0v) is 20.1. The molecule has 0 fully saturated rings. The van der Waals surface area contributed by atoms with Gasteiger partial charge in [0.2, 0.25) is 15.9 Å². The summed E-state index contributed by atoms with van der Waals surface area (Å²) in [6.45, 7) is 13.8. The van der Waals surface area contributed by atoms with Crippen molar-refractivity contribution in [1.82, 2.24) is 5.32 Å². The van der Waals surface area contributed by atoms with Gasteiger partial charge in [-0.3, -0.25) is 9.10 Å². The number of benzene rings is 2. The molecule has 0 aromatic heterocycles. The van der Waals surface area contributed by atoms with Crippen LogP contribution >= 0.6 is 0 Å². The van der Waals surface area contributed by atoms with Gasteiger partial charge in [0.15, 0.2) is 0 Å². The van der Waals surface area contributed by atoms with E-state index in [1.54, 1.807) is 0 Å². The van der Waals surface area contributed by atoms with E-state index in [0.29, 0.717) is 5.69 Å². The fraction of sp³-hybridized carbons (Fsp3) is 0.458. The molecule has 0 bridgehead atoms. The predicted molar refractivity (Wildman–Crippen MR) is 125 cm³/mol. The summed E-state index contributed by atoms with van der Waals surface area (Å²) in [4.78, 5) is 12.8. The molecule has 2 aromatic rings. The third-order valence-corrected chi connectivity index (χ3v) is 6.34. The van der Waals surface area contributed by atoms with Gasteiger partial charge in [-0.1, -0.05) is 62.7 Å². The van der Waals surface area contributed by atoms with Gasteiger partial charge in [-0.05, 0) is 55.4 Å². The topological polar surface area (TPSA) is 66.5 Å². The van der Waals surface area contributed by atoms with Crippen LogP contribution in [0.2, 0.25) is 0 Å². The molecule has 1 unspecified atom stereocenters. The van der Waals surface area contributed by atoms with Crippen LogP contribution in [0.5, 0.6) is 0 Å². The first-order valence-corrected chi connectivity index (χ1v) is 12.0. The minimum atomic E-state index is -3.62. The molecule has 5 nitrogen and oxygen atoms in total. The molecule has 1 N–H and O–H groups in total. The van der Waals surface area contributed by atoms with E-state index in [4.69, 9.17) is 0 Å². The number of aryl methyl sites for hydroxylation is 3. The summed E-state index contributed by atoms with van der Waals surface area (Å²) in [6, 6.07) is 11.8. The number of amides is 1. The van der Waals surface area contributed by atoms with Crippen LogP contribution in [0.3, 0.4) is 0 Å². The average Bonchev–Trinajstić information content (AvgIpc) is 2.58. The van der Waals surface area contributed by atoms with E-state index < -0.39 is 10.0 Å². The van der Waals surface area contributed by atoms with Crippen molar-refractivity contribution in [3.63, 3.8) is 0 Å². The standard InChI is InChI=1S/C24H34N2O3S/c1-16-13-17(2)23(18(3)14-16)26(30(8,28)29)15-22(27)25-19(4)20-9-11-21(12-10-20)24(5,6)7/h9-14,19H,15H2,1-8H3,(H,25,27). The molecule has 0 spiro atoms. The third kappa shape index (κ3) is 5.85. The molecule has 0 aliphatic carbocycles. The van der Waals surface area contributed by atoms with E-state index in [-0.39, 0.29) is 23.9 Å². The highest BCUT2D eigenvalue weighted by atomic mass is 32.2. The van der Waals surface area contributed by atoms with Crippen molar-refractivity contribution in [1.29, 1.82) is 0 Å². The van der Waals surface area contributed by atoms with E-state index in [0.717, 1.165) is 28.5 Å². The minimum Gasteiger partial charge on any atom is -0.348 e. The maximum atomic E-state index is 12.8. The SMILES string of the molecule is Cc1cc(C)c(N(CC(=O)NC(C)c2ccc(C(C)(C)C)cc2)S(C)(=O)=O)c(C)c1. The van der Waals surface area contributed by atoms with Gasteiger partial charge in [0, 0.05) is 0 Å². The molecular weight excluding hydrogens is 396 g/mol. The normalized spacial score (nSPS) is 13.1. The molecule has 0 aliphatic rings. The fourth-order valence-electron chi connectivity index (χ4n) is 3.70. The Morgan fingerprint density at radius 3 is 1.97 bits per heavy atom. The Kier molecular flexibility index (Phi) is 7.02. The predicted octanol–water partition coefficient (Wildman–Crippen LogP) is 4.55. The summed E-state index contributed by atoms with van der Waals surface area (Å²) < 4.78 is 26.2. The number of carbonyl (C=O) groups is 1. The molecule has 1 atom stereocenters. The average molecular weight is 431 g/mol. The van der Waals surface area contributed by atoms with Crippen LogP contribution in [0.15, 0.2) is 36.4 Å². The van der Waals surface area contributed by atoms with Crippen molar-refractivity contribution < 1.29 is 13.2 Å². The lowest BCUT2D eigenvalue weighted by atomic mass is 9.86. The number of hydrogen-bond acceptors (Lipinski definition) is 3. The summed E-state index contributed by atoms with van der Waals surface area (Å²) in [6.07, 6.45) is 1.13. The Hall–Kier alpha value is -2.34. The number of sulfonamides is 1. The summed E-state index contributed by atoms with van der Waals surface area (Å²) >= 11 is 0. The lowest BCUT2D eigenvalue weighted by Crippen LogP contribution is -2.41. The number of carbonyl (C=O) groups excluding carboxylic acids is 1. The molecule has 0 aliphatic heterocycles. The van der Waals surface area contributed by atoms with Crippen LogP contribution in [-0.4, -0.2) is 27.1 Å². The molecule has 0 saturated carbocycles. The Labute approximate surface area is 181 Å². The summed E-state index contributed by atoms with van der Waals surface area (Å²) in [5.74, 6) is -0.341. The van der Waals surface area contributed by atoms with E-state index in [1.807, 2.05) is 52.0 Å². The molecule has 30 heavy (non-hydrogen) atoms. The molecule has 0 saturated heterocycles. The van der Waals surface area contributed by atoms with Gasteiger partial charge in [-0.2, -0.15) is 0 Å². The van der Waals surface area contributed by atoms with E-state index in [9.17, 15) is 13.2 Å². The Morgan fingerprint density at radius 1 is 1.03 bits per heavy atom. The first-order valence-electron chi connectivity index (χ1n) is 10.2. The molecule has 1 amide bonds. The monoisotopic (exact) mass is 430 g/mol. The maximum absolute atomic E-state index is 12.8. The van der Waals surface area contributed by atoms with Crippen LogP contribution in [0.1, 0.15) is 61.6 Å². The number of rotatable bonds is 6. The van der Waals surface area contributed by atoms with E-state index >= 15 is 0 Å². The minimum absolute atomic E-state index is 0.0603. The molecule has 6 heteroatoms. The summed E-state index contributed by atoms with van der Waals surface area (Å²) in [5.41, 5.74) is 5.54. The second-order valence-corrected chi connectivity index (χ2v) is 11.1. The zero-order chi connectivity index (χ0) is 22.9. The van der Waals surface area contributed by atoms with Crippen molar-refractivity contribution >= 4 is 21.6 Å². The first-order chi connectivity index (χ1) is 13.7. The second kappa shape index (κ2) is 8.80. The van der Waals surface area contributed by atoms with E-state index in [2.05, 4.69) is 38.2 Å². The molecule has 0 radical (unpaired) electrons. The quantitative estimate of drug-likeness (QED) is 0.731. The Bertz CT molecular complexity index is 996. The summed E-state index contributed by atoms with van der Waals surface area (Å²) in [5, 5.41) is 2.93. The lowest BCUT2D eigenvalue weighted by Gasteiger charge is -2.27. The van der Waals surface area contributed by atoms with Gasteiger partial charge < -0.3 is 5.32 Å². The van der Waals surface area contributed by atoms with Crippen molar-refractivity contribution in [2.24, 2.45) is 0 Å². The van der Waals surface area contributed by atoms with Crippen molar-refractivity contribution in [3.8, 4) is 0 Å². The van der Waals surface area contributed by atoms with Crippen LogP contribution in [0, 0.1) is 20.8 Å². The Morgan fingerprint density at radius 2 is 1.53 bits per heavy atom. The smallest absolute Gasteiger partial charge is 0.241 e. The van der Waals surface area contributed by atoms with Gasteiger partial charge in [-0.15, -0.1) is 0 Å². The van der Waals surface area contributed by atoms with Gasteiger partial charge in [-0.25, -0.2) is 8.42 Å². The van der Waals surface area contributed by atoms with Crippen LogP contribution in [-0.2, 0) is 20.2 Å². The largest absolute Gasteiger partial charge is 0.348 e. The highest BCUT2D eigenvalue weighted by Crippen LogP contribution is 2.28. The van der Waals surface area contributed by atoms with Gasteiger partial charge >= 0.3 is 0 Å². The molecule has 164 valence electrons. The molecule has 2 aromatic carbocycles. The van der Waals surface area contributed by atoms with E-state index in [1.165, 1.54) is 9.87 Å². The summed E-state index contributed by atoms with van der Waals surface area (Å²) in [7, 11) is -3.62. The fourth-order valence-corrected chi connectivity index (χ4v) is 4.67. The van der Waals surface area contributed by atoms with Crippen molar-refractivity contribution in [2.75, 3.05) is 17.1 Å². The number of nitrogens with zero attached hydrogens (tertiary/aromatic N) is 1. The first kappa shape index (κ1) is 23.9. The Balaban J connectivity index is 2.21. The van der Waals surface area contributed by atoms with Crippen LogP contribution < -0.4 is 9.62 Å². The molecule has 2 rings (SSSR count). The lowest BCUT2D eigenvalue weighted by molar-refractivity contribution is -0.120. The van der Waals surface area contributed by atoms with Crippen LogP contribution in [0.4, 0.5) is 5.69 Å². The zero-order valence-electron chi connectivity index (χ0n) is 19.3. The third-order valence-electron chi connectivity index (χ3n) is 5.23. The maximum Gasteiger partial charge on any atom is 0.241 e.